The number of anilines is 2. The summed E-state index contributed by atoms with van der Waals surface area (Å²) < 4.78 is 11.2. The van der Waals surface area contributed by atoms with Crippen molar-refractivity contribution in [2.45, 2.75) is 45.2 Å². The molecule has 1 saturated carbocycles. The van der Waals surface area contributed by atoms with E-state index < -0.39 is 11.6 Å². The van der Waals surface area contributed by atoms with Crippen molar-refractivity contribution in [3.63, 3.8) is 0 Å². The zero-order valence-corrected chi connectivity index (χ0v) is 22.7. The van der Waals surface area contributed by atoms with E-state index in [1.165, 1.54) is 10.9 Å². The Morgan fingerprint density at radius 2 is 1.95 bits per heavy atom. The molecular weight excluding hydrogens is 519 g/mol. The maximum Gasteiger partial charge on any atom is 0.150 e. The first-order chi connectivity index (χ1) is 18.5. The van der Waals surface area contributed by atoms with E-state index in [9.17, 15) is 11.9 Å². The Hall–Kier alpha value is -3.85. The summed E-state index contributed by atoms with van der Waals surface area (Å²) in [6, 6.07) is 13.3. The van der Waals surface area contributed by atoms with E-state index in [1.54, 1.807) is 36.5 Å². The van der Waals surface area contributed by atoms with E-state index in [0.717, 1.165) is 0 Å². The molecule has 1 unspecified atom stereocenters. The number of hydrogen-bond acceptors (Lipinski definition) is 7. The van der Waals surface area contributed by atoms with Crippen LogP contribution < -0.4 is 10.6 Å². The van der Waals surface area contributed by atoms with Gasteiger partial charge in [-0.2, -0.15) is 10.5 Å². The molecule has 2 heterocycles. The van der Waals surface area contributed by atoms with Gasteiger partial charge >= 0.3 is 0 Å². The lowest BCUT2D eigenvalue weighted by molar-refractivity contribution is 0.443. The van der Waals surface area contributed by atoms with Crippen LogP contribution in [0.2, 0.25) is 10.0 Å². The second-order valence-electron chi connectivity index (χ2n) is 10.6. The van der Waals surface area contributed by atoms with Crippen LogP contribution in [0.5, 0.6) is 0 Å². The normalized spacial score (nSPS) is 16.1. The van der Waals surface area contributed by atoms with Gasteiger partial charge in [0.1, 0.15) is 11.8 Å². The fourth-order valence-electron chi connectivity index (χ4n) is 4.14. The van der Waals surface area contributed by atoms with Crippen molar-refractivity contribution in [2.75, 3.05) is 17.2 Å². The number of rotatable bonds is 7. The molecule has 1 fully saturated rings. The van der Waals surface area contributed by atoms with Gasteiger partial charge < -0.3 is 10.6 Å². The van der Waals surface area contributed by atoms with Crippen LogP contribution in [0, 0.1) is 28.1 Å². The third kappa shape index (κ3) is 4.98. The van der Waals surface area contributed by atoms with Crippen LogP contribution in [0.1, 0.15) is 57.8 Å². The van der Waals surface area contributed by atoms with E-state index in [1.807, 2.05) is 6.07 Å². The number of nitriles is 2. The van der Waals surface area contributed by atoms with Gasteiger partial charge in [-0.15, -0.1) is 5.10 Å². The third-order valence-corrected chi connectivity index (χ3v) is 6.99. The Morgan fingerprint density at radius 1 is 1.18 bits per heavy atom. The second kappa shape index (κ2) is 9.79. The van der Waals surface area contributed by atoms with Crippen LogP contribution in [-0.4, -0.2) is 26.5 Å². The molecule has 0 amide bonds. The van der Waals surface area contributed by atoms with Crippen LogP contribution in [0.4, 0.5) is 11.4 Å². The van der Waals surface area contributed by atoms with E-state index in [2.05, 4.69) is 58.8 Å². The lowest BCUT2D eigenvalue weighted by atomic mass is 9.96. The summed E-state index contributed by atoms with van der Waals surface area (Å²) in [6.45, 7) is 6.90. The Balaban J connectivity index is 1.65. The number of hydrogen-bond donors (Lipinski definition) is 2. The van der Waals surface area contributed by atoms with Gasteiger partial charge in [-0.05, 0) is 42.0 Å². The molecule has 0 aliphatic heterocycles. The molecule has 0 saturated heterocycles. The highest BCUT2D eigenvalue weighted by Crippen LogP contribution is 2.43. The van der Waals surface area contributed by atoms with Gasteiger partial charge in [0.15, 0.2) is 5.54 Å². The fourth-order valence-corrected chi connectivity index (χ4v) is 4.63. The molecule has 5 rings (SSSR count). The molecule has 1 aliphatic carbocycles. The lowest BCUT2D eigenvalue weighted by Crippen LogP contribution is -2.20. The van der Waals surface area contributed by atoms with Gasteiger partial charge in [0.25, 0.3) is 0 Å². The van der Waals surface area contributed by atoms with Crippen LogP contribution in [0.25, 0.3) is 10.9 Å². The zero-order chi connectivity index (χ0) is 28.0. The molecule has 2 aromatic heterocycles. The van der Waals surface area contributed by atoms with Crippen LogP contribution in [-0.2, 0) is 5.54 Å². The average molecular weight is 546 g/mol. The standard InChI is InChI=1S/C28H26Cl2N8/c1-27(2,3)16-34-24-17(12-31)13-33-25-20(24)10-18(11-22(25)30)35-26(19-6-4-5-7-21(19)29)23-14-38(37-36-23)28(15-32)8-9-28/h4-7,10-11,13-14,26,35H,8-9,16H2,1-3H3,(H,33,34)/i26D. The molecule has 0 radical (unpaired) electrons. The first kappa shape index (κ1) is 24.5. The highest BCUT2D eigenvalue weighted by molar-refractivity contribution is 6.36. The summed E-state index contributed by atoms with van der Waals surface area (Å²) >= 11 is 13.3. The van der Waals surface area contributed by atoms with Gasteiger partial charge in [-0.25, -0.2) is 4.68 Å². The van der Waals surface area contributed by atoms with Gasteiger partial charge in [0.2, 0.25) is 0 Å². The Bertz CT molecular complexity index is 1660. The Labute approximate surface area is 232 Å². The van der Waals surface area contributed by atoms with Crippen LogP contribution in [0.15, 0.2) is 48.8 Å². The smallest absolute Gasteiger partial charge is 0.150 e. The maximum absolute atomic E-state index is 9.79. The van der Waals surface area contributed by atoms with Crippen molar-refractivity contribution in [1.29, 1.82) is 10.5 Å². The highest BCUT2D eigenvalue weighted by atomic mass is 35.5. The van der Waals surface area contributed by atoms with Crippen molar-refractivity contribution in [3.05, 3.63) is 75.7 Å². The topological polar surface area (TPSA) is 115 Å². The predicted molar refractivity (Wildman–Crippen MR) is 149 cm³/mol. The molecule has 1 atom stereocenters. The van der Waals surface area contributed by atoms with Crippen molar-refractivity contribution < 1.29 is 1.37 Å². The van der Waals surface area contributed by atoms with E-state index in [0.29, 0.717) is 62.8 Å². The SMILES string of the molecule is [2H]C(Nc1cc(Cl)c2ncc(C#N)c(NCC(C)(C)C)c2c1)(c1cn(C2(C#N)CC2)nn1)c1ccccc1Cl. The minimum absolute atomic E-state index is 0.0451. The van der Waals surface area contributed by atoms with Crippen molar-refractivity contribution in [1.82, 2.24) is 20.0 Å². The molecule has 10 heteroatoms. The van der Waals surface area contributed by atoms with E-state index in [4.69, 9.17) is 23.2 Å². The summed E-state index contributed by atoms with van der Waals surface area (Å²) in [4.78, 5) is 4.42. The molecule has 0 spiro atoms. The van der Waals surface area contributed by atoms with Crippen molar-refractivity contribution in [2.24, 2.45) is 5.41 Å². The first-order valence-corrected chi connectivity index (χ1v) is 12.9. The van der Waals surface area contributed by atoms with Gasteiger partial charge in [0, 0.05) is 28.8 Å². The summed E-state index contributed by atoms with van der Waals surface area (Å²) in [5.74, 6) is 0. The average Bonchev–Trinajstić information content (AvgIpc) is 3.53. The summed E-state index contributed by atoms with van der Waals surface area (Å²) in [5.41, 5.74) is 1.97. The second-order valence-corrected chi connectivity index (χ2v) is 11.4. The molecule has 2 N–H and O–H groups in total. The highest BCUT2D eigenvalue weighted by Gasteiger charge is 2.47. The first-order valence-electron chi connectivity index (χ1n) is 12.6. The van der Waals surface area contributed by atoms with E-state index in [-0.39, 0.29) is 11.1 Å². The maximum atomic E-state index is 9.79. The molecular formula is C28H26Cl2N8. The number of benzene rings is 2. The fraction of sp³-hybridized carbons (Fsp3) is 0.321. The Kier molecular flexibility index (Phi) is 6.31. The minimum Gasteiger partial charge on any atom is -0.383 e. The largest absolute Gasteiger partial charge is 0.383 e. The molecule has 2 aromatic carbocycles. The third-order valence-electron chi connectivity index (χ3n) is 6.37. The lowest BCUT2D eigenvalue weighted by Gasteiger charge is -2.22. The van der Waals surface area contributed by atoms with Gasteiger partial charge in [-0.1, -0.05) is 67.4 Å². The van der Waals surface area contributed by atoms with Crippen molar-refractivity contribution in [3.8, 4) is 12.1 Å². The number of aromatic nitrogens is 4. The number of nitrogens with zero attached hydrogens (tertiary/aromatic N) is 6. The molecule has 8 nitrogen and oxygen atoms in total. The molecule has 4 aromatic rings. The predicted octanol–water partition coefficient (Wildman–Crippen LogP) is 6.68. The number of fused-ring (bicyclic) bond motifs is 1. The molecule has 38 heavy (non-hydrogen) atoms. The Morgan fingerprint density at radius 3 is 2.61 bits per heavy atom. The van der Waals surface area contributed by atoms with Crippen LogP contribution >= 0.6 is 23.2 Å². The zero-order valence-electron chi connectivity index (χ0n) is 22.2. The molecule has 0 bridgehead atoms. The minimum atomic E-state index is -1.68. The number of halogens is 2. The van der Waals surface area contributed by atoms with Gasteiger partial charge in [0.05, 0.1) is 41.4 Å². The van der Waals surface area contributed by atoms with Gasteiger partial charge in [-0.3, -0.25) is 4.98 Å². The number of pyridine rings is 1. The molecule has 192 valence electrons. The number of nitrogens with one attached hydrogen (secondary N) is 2. The van der Waals surface area contributed by atoms with Crippen LogP contribution in [0.3, 0.4) is 0 Å². The summed E-state index contributed by atoms with van der Waals surface area (Å²) in [5, 5.41) is 35.9. The summed E-state index contributed by atoms with van der Waals surface area (Å²) in [6.07, 6.45) is 4.48. The summed E-state index contributed by atoms with van der Waals surface area (Å²) in [7, 11) is 0. The quantitative estimate of drug-likeness (QED) is 0.266. The van der Waals surface area contributed by atoms with Crippen molar-refractivity contribution >= 4 is 45.5 Å². The monoisotopic (exact) mass is 545 g/mol. The van der Waals surface area contributed by atoms with E-state index >= 15 is 0 Å². The molecule has 1 aliphatic rings.